The lowest BCUT2D eigenvalue weighted by Gasteiger charge is -2.07. The van der Waals surface area contributed by atoms with Gasteiger partial charge in [0.15, 0.2) is 5.78 Å². The van der Waals surface area contributed by atoms with Crippen molar-refractivity contribution in [2.24, 2.45) is 0 Å². The molecule has 0 spiro atoms. The Morgan fingerprint density at radius 1 is 0.789 bits per heavy atom. The molecule has 2 heteroatoms. The van der Waals surface area contributed by atoms with E-state index in [-0.39, 0.29) is 5.78 Å². The van der Waals surface area contributed by atoms with E-state index in [1.54, 1.807) is 0 Å². The van der Waals surface area contributed by atoms with Crippen molar-refractivity contribution in [1.29, 1.82) is 0 Å². The van der Waals surface area contributed by atoms with Gasteiger partial charge in [0.1, 0.15) is 6.10 Å². The molecule has 0 aliphatic carbocycles. The Hall–Kier alpha value is -0.370. The number of Topliss-reactive ketones (excluding diaryl/α,β-unsaturated/α-hetero) is 1. The Morgan fingerprint density at radius 3 is 1.74 bits per heavy atom. The van der Waals surface area contributed by atoms with E-state index in [2.05, 4.69) is 6.92 Å². The minimum atomic E-state index is -0.705. The average Bonchev–Trinajstić information content (AvgIpc) is 2.41. The minimum Gasteiger partial charge on any atom is -0.385 e. The Balaban J connectivity index is 3.20. The van der Waals surface area contributed by atoms with E-state index in [1.165, 1.54) is 51.4 Å². The first-order valence-corrected chi connectivity index (χ1v) is 8.43. The van der Waals surface area contributed by atoms with Crippen molar-refractivity contribution in [2.75, 3.05) is 0 Å². The van der Waals surface area contributed by atoms with Gasteiger partial charge in [0.2, 0.25) is 0 Å². The highest BCUT2D eigenvalue weighted by Crippen LogP contribution is 2.12. The van der Waals surface area contributed by atoms with Gasteiger partial charge in [0.05, 0.1) is 0 Å². The second-order valence-corrected chi connectivity index (χ2v) is 5.70. The first-order chi connectivity index (χ1) is 9.22. The highest BCUT2D eigenvalue weighted by Gasteiger charge is 2.12. The number of rotatable bonds is 14. The van der Waals surface area contributed by atoms with Gasteiger partial charge < -0.3 is 5.11 Å². The van der Waals surface area contributed by atoms with E-state index >= 15 is 0 Å². The molecule has 1 unspecified atom stereocenters. The van der Waals surface area contributed by atoms with Crippen LogP contribution < -0.4 is 0 Å². The average molecular weight is 270 g/mol. The van der Waals surface area contributed by atoms with Crippen LogP contribution in [0.2, 0.25) is 0 Å². The SMILES string of the molecule is CCCCCCCCCCCCC(=O)C(O)CCC. The molecule has 0 aliphatic rings. The van der Waals surface area contributed by atoms with Gasteiger partial charge in [-0.05, 0) is 12.8 Å². The molecule has 0 aliphatic heterocycles. The van der Waals surface area contributed by atoms with E-state index in [0.29, 0.717) is 12.8 Å². The third-order valence-electron chi connectivity index (χ3n) is 3.71. The molecular weight excluding hydrogens is 236 g/mol. The molecule has 0 radical (unpaired) electrons. The number of carbonyl (C=O) groups is 1. The van der Waals surface area contributed by atoms with Crippen molar-refractivity contribution < 1.29 is 9.90 Å². The number of hydrogen-bond acceptors (Lipinski definition) is 2. The number of aliphatic hydroxyl groups excluding tert-OH is 1. The van der Waals surface area contributed by atoms with Crippen LogP contribution in [0.3, 0.4) is 0 Å². The third-order valence-corrected chi connectivity index (χ3v) is 3.71. The van der Waals surface area contributed by atoms with Gasteiger partial charge >= 0.3 is 0 Å². The molecule has 0 amide bonds. The number of hydrogen-bond donors (Lipinski definition) is 1. The Kier molecular flexibility index (Phi) is 13.8. The highest BCUT2D eigenvalue weighted by atomic mass is 16.3. The molecule has 0 aromatic carbocycles. The van der Waals surface area contributed by atoms with Crippen LogP contribution in [-0.2, 0) is 4.79 Å². The summed E-state index contributed by atoms with van der Waals surface area (Å²) in [6.07, 6.45) is 14.2. The van der Waals surface area contributed by atoms with Crippen molar-refractivity contribution in [1.82, 2.24) is 0 Å². The lowest BCUT2D eigenvalue weighted by Crippen LogP contribution is -2.19. The molecular formula is C17H34O2. The largest absolute Gasteiger partial charge is 0.385 e. The quantitative estimate of drug-likeness (QED) is 0.450. The fourth-order valence-electron chi connectivity index (χ4n) is 2.39. The normalized spacial score (nSPS) is 12.6. The van der Waals surface area contributed by atoms with Gasteiger partial charge in [-0.3, -0.25) is 4.79 Å². The van der Waals surface area contributed by atoms with E-state index in [1.807, 2.05) is 6.92 Å². The second-order valence-electron chi connectivity index (χ2n) is 5.70. The predicted molar refractivity (Wildman–Crippen MR) is 82.4 cm³/mol. The summed E-state index contributed by atoms with van der Waals surface area (Å²) >= 11 is 0. The highest BCUT2D eigenvalue weighted by molar-refractivity contribution is 5.82. The summed E-state index contributed by atoms with van der Waals surface area (Å²) in [7, 11) is 0. The summed E-state index contributed by atoms with van der Waals surface area (Å²) in [6.45, 7) is 4.25. The first-order valence-electron chi connectivity index (χ1n) is 8.43. The summed E-state index contributed by atoms with van der Waals surface area (Å²) in [5.74, 6) is 0.0430. The van der Waals surface area contributed by atoms with Crippen LogP contribution in [0.4, 0.5) is 0 Å². The van der Waals surface area contributed by atoms with Crippen LogP contribution in [0.5, 0.6) is 0 Å². The standard InChI is InChI=1S/C17H34O2/c1-3-5-6-7-8-9-10-11-12-13-15-17(19)16(18)14-4-2/h16,18H,3-15H2,1-2H3. The molecule has 1 N–H and O–H groups in total. The first kappa shape index (κ1) is 18.6. The molecule has 0 fully saturated rings. The molecule has 0 saturated heterocycles. The van der Waals surface area contributed by atoms with E-state index in [0.717, 1.165) is 19.3 Å². The Bertz CT molecular complexity index is 201. The van der Waals surface area contributed by atoms with Crippen molar-refractivity contribution in [3.05, 3.63) is 0 Å². The zero-order valence-corrected chi connectivity index (χ0v) is 13.1. The van der Waals surface area contributed by atoms with Gasteiger partial charge in [0.25, 0.3) is 0 Å². The molecule has 0 aromatic heterocycles. The second kappa shape index (κ2) is 14.0. The molecule has 19 heavy (non-hydrogen) atoms. The Labute approximate surface area is 120 Å². The maximum atomic E-state index is 11.5. The molecule has 2 nitrogen and oxygen atoms in total. The minimum absolute atomic E-state index is 0.0430. The summed E-state index contributed by atoms with van der Waals surface area (Å²) < 4.78 is 0. The van der Waals surface area contributed by atoms with Crippen LogP contribution >= 0.6 is 0 Å². The van der Waals surface area contributed by atoms with E-state index < -0.39 is 6.10 Å². The maximum absolute atomic E-state index is 11.5. The number of carbonyl (C=O) groups excluding carboxylic acids is 1. The zero-order chi connectivity index (χ0) is 14.3. The van der Waals surface area contributed by atoms with Gasteiger partial charge in [-0.25, -0.2) is 0 Å². The molecule has 114 valence electrons. The molecule has 0 aromatic rings. The van der Waals surface area contributed by atoms with Crippen LogP contribution in [0.15, 0.2) is 0 Å². The predicted octanol–water partition coefficient (Wildman–Crippen LogP) is 5.03. The molecule has 0 bridgehead atoms. The maximum Gasteiger partial charge on any atom is 0.161 e. The zero-order valence-electron chi connectivity index (χ0n) is 13.1. The van der Waals surface area contributed by atoms with Crippen LogP contribution in [0, 0.1) is 0 Å². The van der Waals surface area contributed by atoms with Crippen molar-refractivity contribution in [3.8, 4) is 0 Å². The van der Waals surface area contributed by atoms with Crippen LogP contribution in [0.25, 0.3) is 0 Å². The smallest absolute Gasteiger partial charge is 0.161 e. The third kappa shape index (κ3) is 12.4. The van der Waals surface area contributed by atoms with Crippen LogP contribution in [0.1, 0.15) is 97.3 Å². The summed E-state index contributed by atoms with van der Waals surface area (Å²) in [6, 6.07) is 0. The van der Waals surface area contributed by atoms with Gasteiger partial charge in [-0.2, -0.15) is 0 Å². The van der Waals surface area contributed by atoms with Crippen molar-refractivity contribution in [3.63, 3.8) is 0 Å². The Morgan fingerprint density at radius 2 is 1.26 bits per heavy atom. The molecule has 0 heterocycles. The molecule has 0 rings (SSSR count). The van der Waals surface area contributed by atoms with Crippen LogP contribution in [-0.4, -0.2) is 17.0 Å². The van der Waals surface area contributed by atoms with E-state index in [9.17, 15) is 9.90 Å². The van der Waals surface area contributed by atoms with Gasteiger partial charge in [0, 0.05) is 6.42 Å². The fraction of sp³-hybridized carbons (Fsp3) is 0.941. The van der Waals surface area contributed by atoms with Crippen molar-refractivity contribution >= 4 is 5.78 Å². The molecule has 1 atom stereocenters. The topological polar surface area (TPSA) is 37.3 Å². The number of aliphatic hydroxyl groups is 1. The van der Waals surface area contributed by atoms with Gasteiger partial charge in [-0.1, -0.05) is 78.1 Å². The molecule has 0 saturated carbocycles. The summed E-state index contributed by atoms with van der Waals surface area (Å²) in [5, 5.41) is 9.51. The monoisotopic (exact) mass is 270 g/mol. The lowest BCUT2D eigenvalue weighted by molar-refractivity contribution is -0.127. The van der Waals surface area contributed by atoms with E-state index in [4.69, 9.17) is 0 Å². The number of ketones is 1. The van der Waals surface area contributed by atoms with Crippen molar-refractivity contribution in [2.45, 2.75) is 103 Å². The fourth-order valence-corrected chi connectivity index (χ4v) is 2.39. The van der Waals surface area contributed by atoms with Gasteiger partial charge in [-0.15, -0.1) is 0 Å². The lowest BCUT2D eigenvalue weighted by atomic mass is 10.0. The summed E-state index contributed by atoms with van der Waals surface area (Å²) in [5.41, 5.74) is 0. The number of unbranched alkanes of at least 4 members (excludes halogenated alkanes) is 9. The summed E-state index contributed by atoms with van der Waals surface area (Å²) in [4.78, 5) is 11.5.